The Bertz CT molecular complexity index is 528. The summed E-state index contributed by atoms with van der Waals surface area (Å²) in [5.41, 5.74) is 0. The molecule has 29 heavy (non-hydrogen) atoms. The highest BCUT2D eigenvalue weighted by Crippen LogP contribution is 2.68. The SMILES string of the molecule is O=P(OC(Cl)(Cl)C(Cl)(Cl)CCl)(OC(Cl)(Cl)C(Cl)(Cl)CCl)OC(Cl)(Cl)C(Cl)(Cl)CCl. The van der Waals surface area contributed by atoms with Crippen molar-refractivity contribution in [2.75, 3.05) is 17.6 Å². The van der Waals surface area contributed by atoms with Crippen molar-refractivity contribution in [1.29, 1.82) is 0 Å². The van der Waals surface area contributed by atoms with Crippen LogP contribution in [0.4, 0.5) is 0 Å². The standard InChI is InChI=1S/C9H6Cl15O4P/c10-1-4(13,14)7(19,20)26-29(25,27-8(21,22)5(15,16)2-11)28-9(23,24)6(17,18)3-12/h1-3H2. The van der Waals surface area contributed by atoms with Crippen molar-refractivity contribution >= 4 is 182 Å². The second kappa shape index (κ2) is 11.7. The van der Waals surface area contributed by atoms with E-state index in [9.17, 15) is 4.57 Å². The van der Waals surface area contributed by atoms with Crippen molar-refractivity contribution < 1.29 is 18.1 Å². The van der Waals surface area contributed by atoms with Crippen molar-refractivity contribution in [3.63, 3.8) is 0 Å². The van der Waals surface area contributed by atoms with Crippen LogP contribution in [0, 0.1) is 0 Å². The number of hydrogen-bond acceptors (Lipinski definition) is 4. The number of hydrogen-bond donors (Lipinski definition) is 0. The molecule has 0 rings (SSSR count). The van der Waals surface area contributed by atoms with E-state index in [-0.39, 0.29) is 0 Å². The highest BCUT2D eigenvalue weighted by molar-refractivity contribution is 7.49. The van der Waals surface area contributed by atoms with Crippen LogP contribution in [0.1, 0.15) is 0 Å². The Morgan fingerprint density at radius 2 is 0.655 bits per heavy atom. The molecule has 0 bridgehead atoms. The number of halogens is 15. The van der Waals surface area contributed by atoms with Gasteiger partial charge in [0.05, 0.1) is 17.6 Å². The Morgan fingerprint density at radius 1 is 0.483 bits per heavy atom. The van der Waals surface area contributed by atoms with Crippen LogP contribution in [0.5, 0.6) is 0 Å². The Balaban J connectivity index is 6.31. The molecule has 0 aliphatic heterocycles. The fourth-order valence-corrected chi connectivity index (χ4v) is 5.78. The molecule has 0 heterocycles. The van der Waals surface area contributed by atoms with Crippen LogP contribution in [-0.4, -0.2) is 44.2 Å². The molecule has 0 atom stereocenters. The number of phosphoric acid groups is 1. The fourth-order valence-electron chi connectivity index (χ4n) is 0.911. The maximum atomic E-state index is 13.3. The first kappa shape index (κ1) is 33.5. The fraction of sp³-hybridized carbons (Fsp3) is 1.00. The van der Waals surface area contributed by atoms with E-state index in [0.717, 1.165) is 0 Å². The van der Waals surface area contributed by atoms with Gasteiger partial charge < -0.3 is 0 Å². The van der Waals surface area contributed by atoms with Gasteiger partial charge in [-0.3, -0.25) is 0 Å². The van der Waals surface area contributed by atoms with Gasteiger partial charge in [-0.1, -0.05) is 139 Å². The first-order chi connectivity index (χ1) is 12.6. The molecular weight excluding hydrogens is 735 g/mol. The van der Waals surface area contributed by atoms with Gasteiger partial charge in [0.2, 0.25) is 0 Å². The van der Waals surface area contributed by atoms with Gasteiger partial charge in [-0.25, -0.2) is 18.1 Å². The molecule has 0 fully saturated rings. The minimum atomic E-state index is -5.39. The van der Waals surface area contributed by atoms with Crippen molar-refractivity contribution in [3.05, 3.63) is 0 Å². The first-order valence-electron chi connectivity index (χ1n) is 6.22. The Kier molecular flexibility index (Phi) is 13.5. The number of alkyl halides is 15. The Labute approximate surface area is 241 Å². The second-order valence-corrected chi connectivity index (χ2v) is 15.3. The van der Waals surface area contributed by atoms with Crippen molar-refractivity contribution in [3.8, 4) is 0 Å². The van der Waals surface area contributed by atoms with Gasteiger partial charge in [0.15, 0.2) is 13.0 Å². The molecule has 0 spiro atoms. The quantitative estimate of drug-likeness (QED) is 0.148. The first-order valence-corrected chi connectivity index (χ1v) is 13.8. The van der Waals surface area contributed by atoms with Crippen molar-refractivity contribution in [2.45, 2.75) is 26.6 Å². The summed E-state index contributed by atoms with van der Waals surface area (Å²) < 4.78 is 12.5. The van der Waals surface area contributed by atoms with Crippen molar-refractivity contribution in [1.82, 2.24) is 0 Å². The molecule has 0 saturated heterocycles. The minimum absolute atomic E-state index is 0.657. The van der Waals surface area contributed by atoms with Crippen LogP contribution < -0.4 is 0 Å². The average molecular weight is 741 g/mol. The molecule has 0 saturated carbocycles. The summed E-state index contributed by atoms with van der Waals surface area (Å²) in [6.45, 7) is 0. The molecule has 20 heteroatoms. The van der Waals surface area contributed by atoms with Gasteiger partial charge in [-0.05, 0) is 0 Å². The summed E-state index contributed by atoms with van der Waals surface area (Å²) in [7, 11) is -5.39. The molecule has 0 aliphatic carbocycles. The second-order valence-electron chi connectivity index (χ2n) is 4.79. The summed E-state index contributed by atoms with van der Waals surface area (Å²) in [5, 5.41) is 0. The van der Waals surface area contributed by atoms with E-state index in [1.54, 1.807) is 0 Å². The predicted molar refractivity (Wildman–Crippen MR) is 130 cm³/mol. The van der Waals surface area contributed by atoms with Crippen LogP contribution in [-0.2, 0) is 18.1 Å². The van der Waals surface area contributed by atoms with Gasteiger partial charge in [-0.2, -0.15) is 0 Å². The minimum Gasteiger partial charge on any atom is -0.246 e. The molecule has 0 N–H and O–H groups in total. The molecular formula is C9H6Cl15O4P. The van der Waals surface area contributed by atoms with Crippen LogP contribution in [0.15, 0.2) is 0 Å². The van der Waals surface area contributed by atoms with Crippen LogP contribution >= 0.6 is 182 Å². The lowest BCUT2D eigenvalue weighted by Gasteiger charge is -2.40. The van der Waals surface area contributed by atoms with Crippen LogP contribution in [0.3, 0.4) is 0 Å². The van der Waals surface area contributed by atoms with E-state index >= 15 is 0 Å². The van der Waals surface area contributed by atoms with Crippen molar-refractivity contribution in [2.24, 2.45) is 0 Å². The van der Waals surface area contributed by atoms with E-state index in [0.29, 0.717) is 0 Å². The smallest absolute Gasteiger partial charge is 0.246 e. The summed E-state index contributed by atoms with van der Waals surface area (Å²) in [4.78, 5) is 0. The predicted octanol–water partition coefficient (Wildman–Crippen LogP) is 9.78. The molecule has 0 aromatic carbocycles. The third-order valence-corrected chi connectivity index (χ3v) is 12.6. The zero-order chi connectivity index (χ0) is 23.7. The van der Waals surface area contributed by atoms with Crippen LogP contribution in [0.25, 0.3) is 0 Å². The van der Waals surface area contributed by atoms with E-state index in [2.05, 4.69) is 0 Å². The monoisotopic (exact) mass is 734 g/mol. The molecule has 0 aliphatic rings. The summed E-state index contributed by atoms with van der Waals surface area (Å²) >= 11 is 86.9. The molecule has 0 radical (unpaired) electrons. The summed E-state index contributed by atoms with van der Waals surface area (Å²) in [5.74, 6) is -1.97. The van der Waals surface area contributed by atoms with E-state index in [1.807, 2.05) is 0 Å². The van der Waals surface area contributed by atoms with Gasteiger partial charge in [0.25, 0.3) is 13.6 Å². The number of phosphoric ester groups is 1. The van der Waals surface area contributed by atoms with E-state index in [4.69, 9.17) is 188 Å². The van der Waals surface area contributed by atoms with E-state index < -0.39 is 52.0 Å². The maximum Gasteiger partial charge on any atom is 0.483 e. The average Bonchev–Trinajstić information content (AvgIpc) is 2.51. The molecule has 0 unspecified atom stereocenters. The van der Waals surface area contributed by atoms with Gasteiger partial charge in [0.1, 0.15) is 0 Å². The normalized spacial score (nSPS) is 15.7. The number of rotatable bonds is 12. The van der Waals surface area contributed by atoms with Gasteiger partial charge >= 0.3 is 7.82 Å². The third kappa shape index (κ3) is 8.81. The summed E-state index contributed by atoms with van der Waals surface area (Å²) in [6, 6.07) is 0. The third-order valence-electron chi connectivity index (χ3n) is 2.46. The zero-order valence-electron chi connectivity index (χ0n) is 12.9. The molecule has 0 aromatic heterocycles. The van der Waals surface area contributed by atoms with Gasteiger partial charge in [0, 0.05) is 0 Å². The topological polar surface area (TPSA) is 44.8 Å². The highest BCUT2D eigenvalue weighted by Gasteiger charge is 2.62. The van der Waals surface area contributed by atoms with E-state index in [1.165, 1.54) is 0 Å². The zero-order valence-corrected chi connectivity index (χ0v) is 25.1. The molecule has 0 aromatic rings. The molecule has 4 nitrogen and oxygen atoms in total. The van der Waals surface area contributed by atoms with Crippen LogP contribution in [0.2, 0.25) is 0 Å². The van der Waals surface area contributed by atoms with Gasteiger partial charge in [-0.15, -0.1) is 34.8 Å². The molecule has 0 amide bonds. The largest absolute Gasteiger partial charge is 0.483 e. The Hall–Kier alpha value is 4.46. The molecule has 176 valence electrons. The Morgan fingerprint density at radius 3 is 0.793 bits per heavy atom. The highest BCUT2D eigenvalue weighted by atomic mass is 35.6. The summed E-state index contributed by atoms with van der Waals surface area (Å²) in [6.07, 6.45) is 0. The lowest BCUT2D eigenvalue weighted by atomic mass is 10.5. The lowest BCUT2D eigenvalue weighted by Crippen LogP contribution is -2.45. The maximum absolute atomic E-state index is 13.3. The lowest BCUT2D eigenvalue weighted by molar-refractivity contribution is 0.0474.